The normalized spacial score (nSPS) is 11.7. The summed E-state index contributed by atoms with van der Waals surface area (Å²) in [6.07, 6.45) is 0. The maximum Gasteiger partial charge on any atom is 0.264 e. The predicted octanol–water partition coefficient (Wildman–Crippen LogP) is 4.02. The second kappa shape index (κ2) is 5.64. The summed E-state index contributed by atoms with van der Waals surface area (Å²) in [6, 6.07) is 10.1. The Hall–Kier alpha value is -1.03. The van der Waals surface area contributed by atoms with E-state index < -0.39 is 10.0 Å². The zero-order valence-corrected chi connectivity index (χ0v) is 15.1. The summed E-state index contributed by atoms with van der Waals surface area (Å²) in [6.45, 7) is 0. The van der Waals surface area contributed by atoms with Gasteiger partial charge < -0.3 is 0 Å². The summed E-state index contributed by atoms with van der Waals surface area (Å²) in [7, 11) is -3.74. The van der Waals surface area contributed by atoms with Gasteiger partial charge in [-0.2, -0.15) is 8.75 Å². The Bertz CT molecular complexity index is 925. The summed E-state index contributed by atoms with van der Waals surface area (Å²) in [5.74, 6) is 0. The summed E-state index contributed by atoms with van der Waals surface area (Å²) in [4.78, 5) is 0.114. The molecule has 0 fully saturated rings. The van der Waals surface area contributed by atoms with Crippen molar-refractivity contribution in [1.29, 1.82) is 0 Å². The fourth-order valence-electron chi connectivity index (χ4n) is 1.77. The van der Waals surface area contributed by atoms with Crippen LogP contribution in [0.25, 0.3) is 11.0 Å². The fourth-order valence-corrected chi connectivity index (χ4v) is 4.90. The molecule has 3 rings (SSSR count). The van der Waals surface area contributed by atoms with Gasteiger partial charge in [0, 0.05) is 8.95 Å². The van der Waals surface area contributed by atoms with Gasteiger partial charge in [-0.15, -0.1) is 0 Å². The molecule has 5 nitrogen and oxygen atoms in total. The fraction of sp³-hybridized carbons (Fsp3) is 0. The summed E-state index contributed by atoms with van der Waals surface area (Å²) < 4.78 is 37.2. The third-order valence-electron chi connectivity index (χ3n) is 2.71. The lowest BCUT2D eigenvalue weighted by Crippen LogP contribution is -2.13. The van der Waals surface area contributed by atoms with E-state index in [2.05, 4.69) is 45.3 Å². The first-order chi connectivity index (χ1) is 9.97. The molecule has 0 saturated carbocycles. The van der Waals surface area contributed by atoms with Gasteiger partial charge in [-0.05, 0) is 46.3 Å². The molecule has 0 unspecified atom stereocenters. The molecule has 1 heterocycles. The van der Waals surface area contributed by atoms with Crippen LogP contribution in [0.4, 0.5) is 5.69 Å². The number of halogens is 2. The lowest BCUT2D eigenvalue weighted by molar-refractivity contribution is 0.602. The standard InChI is InChI=1S/C12H7Br2N3O2S2/c13-7-4-5-9(8(14)6-7)17-21(18,19)11-3-1-2-10-12(11)16-20-15-10/h1-6,17H. The SMILES string of the molecule is O=S(=O)(Nc1ccc(Br)cc1Br)c1cccc2nsnc12. The Kier molecular flexibility index (Phi) is 4.00. The van der Waals surface area contributed by atoms with E-state index in [1.807, 2.05) is 0 Å². The summed E-state index contributed by atoms with van der Waals surface area (Å²) in [5.41, 5.74) is 1.40. The molecule has 0 radical (unpaired) electrons. The van der Waals surface area contributed by atoms with Crippen molar-refractivity contribution in [1.82, 2.24) is 8.75 Å². The molecule has 1 N–H and O–H groups in total. The number of aromatic nitrogens is 2. The quantitative estimate of drug-likeness (QED) is 0.656. The van der Waals surface area contributed by atoms with Crippen LogP contribution in [0.1, 0.15) is 0 Å². The van der Waals surface area contributed by atoms with Crippen LogP contribution < -0.4 is 4.72 Å². The Labute approximate surface area is 142 Å². The van der Waals surface area contributed by atoms with Crippen molar-refractivity contribution in [3.63, 3.8) is 0 Å². The minimum Gasteiger partial charge on any atom is -0.278 e. The highest BCUT2D eigenvalue weighted by Crippen LogP contribution is 2.29. The van der Waals surface area contributed by atoms with E-state index >= 15 is 0 Å². The largest absolute Gasteiger partial charge is 0.278 e. The third-order valence-corrected chi connectivity index (χ3v) is 5.80. The third kappa shape index (κ3) is 2.96. The van der Waals surface area contributed by atoms with Crippen molar-refractivity contribution < 1.29 is 8.42 Å². The van der Waals surface area contributed by atoms with Crippen molar-refractivity contribution in [3.05, 3.63) is 45.3 Å². The van der Waals surface area contributed by atoms with E-state index in [9.17, 15) is 8.42 Å². The zero-order chi connectivity index (χ0) is 15.0. The molecule has 0 aliphatic rings. The second-order valence-corrected chi connectivity index (χ2v) is 8.07. The molecule has 9 heteroatoms. The number of benzene rings is 2. The van der Waals surface area contributed by atoms with Crippen molar-refractivity contribution in [3.8, 4) is 0 Å². The van der Waals surface area contributed by atoms with Crippen LogP contribution in [-0.2, 0) is 10.0 Å². The molecule has 0 bridgehead atoms. The highest BCUT2D eigenvalue weighted by Gasteiger charge is 2.20. The van der Waals surface area contributed by atoms with E-state index in [0.29, 0.717) is 21.2 Å². The number of fused-ring (bicyclic) bond motifs is 1. The van der Waals surface area contributed by atoms with Crippen LogP contribution in [0.5, 0.6) is 0 Å². The van der Waals surface area contributed by atoms with Gasteiger partial charge in [0.15, 0.2) is 0 Å². The van der Waals surface area contributed by atoms with Crippen molar-refractivity contribution in [2.45, 2.75) is 4.90 Å². The molecule has 0 aliphatic heterocycles. The lowest BCUT2D eigenvalue weighted by atomic mass is 10.3. The van der Waals surface area contributed by atoms with Gasteiger partial charge in [-0.25, -0.2) is 8.42 Å². The first-order valence-electron chi connectivity index (χ1n) is 5.66. The monoisotopic (exact) mass is 447 g/mol. The highest BCUT2D eigenvalue weighted by molar-refractivity contribution is 9.11. The van der Waals surface area contributed by atoms with Crippen molar-refractivity contribution in [2.24, 2.45) is 0 Å². The molecule has 108 valence electrons. The van der Waals surface area contributed by atoms with Crippen LogP contribution in [0, 0.1) is 0 Å². The zero-order valence-electron chi connectivity index (χ0n) is 10.2. The Morgan fingerprint density at radius 1 is 1.10 bits per heavy atom. The smallest absolute Gasteiger partial charge is 0.264 e. The molecular formula is C12H7Br2N3O2S2. The van der Waals surface area contributed by atoms with Crippen LogP contribution in [0.15, 0.2) is 50.2 Å². The number of anilines is 1. The molecule has 21 heavy (non-hydrogen) atoms. The van der Waals surface area contributed by atoms with E-state index in [0.717, 1.165) is 16.2 Å². The second-order valence-electron chi connectivity index (χ2n) is 4.12. The molecule has 0 atom stereocenters. The van der Waals surface area contributed by atoms with E-state index in [-0.39, 0.29) is 4.90 Å². The highest BCUT2D eigenvalue weighted by atomic mass is 79.9. The number of nitrogens with zero attached hydrogens (tertiary/aromatic N) is 2. The molecule has 3 aromatic rings. The van der Waals surface area contributed by atoms with Crippen molar-refractivity contribution >= 4 is 70.3 Å². The van der Waals surface area contributed by atoms with Gasteiger partial charge in [0.05, 0.1) is 17.4 Å². The van der Waals surface area contributed by atoms with E-state index in [4.69, 9.17) is 0 Å². The average Bonchev–Trinajstić information content (AvgIpc) is 2.90. The maximum atomic E-state index is 12.5. The summed E-state index contributed by atoms with van der Waals surface area (Å²) >= 11 is 7.64. The number of nitrogens with one attached hydrogen (secondary N) is 1. The molecule has 2 aromatic carbocycles. The lowest BCUT2D eigenvalue weighted by Gasteiger charge is -2.10. The number of hydrogen-bond acceptors (Lipinski definition) is 5. The molecule has 0 amide bonds. The first-order valence-corrected chi connectivity index (χ1v) is 9.46. The minimum atomic E-state index is -3.74. The molecule has 0 saturated heterocycles. The first kappa shape index (κ1) is 14.9. The molecule has 1 aromatic heterocycles. The van der Waals surface area contributed by atoms with Crippen LogP contribution in [0.2, 0.25) is 0 Å². The topological polar surface area (TPSA) is 72.0 Å². The molecule has 0 aliphatic carbocycles. The summed E-state index contributed by atoms with van der Waals surface area (Å²) in [5, 5.41) is 0. The van der Waals surface area contributed by atoms with Crippen LogP contribution in [0.3, 0.4) is 0 Å². The van der Waals surface area contributed by atoms with E-state index in [1.165, 1.54) is 6.07 Å². The molecular weight excluding hydrogens is 442 g/mol. The number of sulfonamides is 1. The van der Waals surface area contributed by atoms with Gasteiger partial charge in [-0.1, -0.05) is 22.0 Å². The van der Waals surface area contributed by atoms with Gasteiger partial charge in [0.1, 0.15) is 15.9 Å². The Morgan fingerprint density at radius 3 is 2.67 bits per heavy atom. The van der Waals surface area contributed by atoms with Crippen LogP contribution >= 0.6 is 43.6 Å². The number of hydrogen-bond donors (Lipinski definition) is 1. The van der Waals surface area contributed by atoms with E-state index in [1.54, 1.807) is 30.3 Å². The predicted molar refractivity (Wildman–Crippen MR) is 90.1 cm³/mol. The van der Waals surface area contributed by atoms with Gasteiger partial charge in [0.25, 0.3) is 10.0 Å². The number of rotatable bonds is 3. The average molecular weight is 449 g/mol. The maximum absolute atomic E-state index is 12.5. The van der Waals surface area contributed by atoms with Crippen molar-refractivity contribution in [2.75, 3.05) is 4.72 Å². The Balaban J connectivity index is 2.06. The van der Waals surface area contributed by atoms with Gasteiger partial charge >= 0.3 is 0 Å². The Morgan fingerprint density at radius 2 is 1.90 bits per heavy atom. The van der Waals surface area contributed by atoms with Crippen LogP contribution in [-0.4, -0.2) is 17.2 Å². The minimum absolute atomic E-state index is 0.114. The molecule has 0 spiro atoms. The van der Waals surface area contributed by atoms with Gasteiger partial charge in [0.2, 0.25) is 0 Å². The van der Waals surface area contributed by atoms with Gasteiger partial charge in [-0.3, -0.25) is 4.72 Å².